The summed E-state index contributed by atoms with van der Waals surface area (Å²) in [6, 6.07) is 12.6. The number of halogens is 2. The molecule has 0 spiro atoms. The number of aromatic nitrogens is 1. The van der Waals surface area contributed by atoms with Gasteiger partial charge in [0.05, 0.1) is 6.10 Å². The van der Waals surface area contributed by atoms with Crippen molar-refractivity contribution in [3.8, 4) is 0 Å². The van der Waals surface area contributed by atoms with Gasteiger partial charge >= 0.3 is 0 Å². The molecule has 3 aromatic rings. The van der Waals surface area contributed by atoms with Gasteiger partial charge in [-0.1, -0.05) is 23.7 Å². The third-order valence-corrected chi connectivity index (χ3v) is 3.79. The van der Waals surface area contributed by atoms with Crippen molar-refractivity contribution in [2.45, 2.75) is 6.10 Å². The van der Waals surface area contributed by atoms with E-state index in [0.29, 0.717) is 27.2 Å². The van der Waals surface area contributed by atoms with Crippen LogP contribution in [-0.4, -0.2) is 22.5 Å². The summed E-state index contributed by atoms with van der Waals surface area (Å²) in [5.74, 6) is -0.726. The molecule has 0 aliphatic rings. The van der Waals surface area contributed by atoms with E-state index in [2.05, 4.69) is 10.3 Å². The average Bonchev–Trinajstić information content (AvgIpc) is 2.96. The smallest absolute Gasteiger partial charge is 0.267 e. The third kappa shape index (κ3) is 3.52. The number of carbonyl (C=O) groups is 1. The Labute approximate surface area is 136 Å². The van der Waals surface area contributed by atoms with Crippen LogP contribution in [0.5, 0.6) is 0 Å². The van der Waals surface area contributed by atoms with Crippen LogP contribution in [0.1, 0.15) is 22.2 Å². The number of H-pyrrole nitrogens is 1. The lowest BCUT2D eigenvalue weighted by molar-refractivity contribution is 0.0912. The van der Waals surface area contributed by atoms with Crippen molar-refractivity contribution in [2.24, 2.45) is 0 Å². The van der Waals surface area contributed by atoms with Crippen LogP contribution in [0.4, 0.5) is 4.39 Å². The first kappa shape index (κ1) is 15.5. The van der Waals surface area contributed by atoms with Gasteiger partial charge in [-0.3, -0.25) is 4.79 Å². The van der Waals surface area contributed by atoms with E-state index in [0.717, 1.165) is 0 Å². The zero-order valence-electron chi connectivity index (χ0n) is 12.0. The van der Waals surface area contributed by atoms with Crippen LogP contribution in [0.3, 0.4) is 0 Å². The second kappa shape index (κ2) is 6.40. The van der Waals surface area contributed by atoms with Crippen molar-refractivity contribution in [1.29, 1.82) is 0 Å². The zero-order chi connectivity index (χ0) is 16.4. The molecule has 0 radical (unpaired) electrons. The van der Waals surface area contributed by atoms with Gasteiger partial charge in [-0.05, 0) is 42.0 Å². The van der Waals surface area contributed by atoms with Gasteiger partial charge in [0.1, 0.15) is 11.5 Å². The topological polar surface area (TPSA) is 65.1 Å². The predicted molar refractivity (Wildman–Crippen MR) is 87.0 cm³/mol. The van der Waals surface area contributed by atoms with Gasteiger partial charge in [-0.2, -0.15) is 0 Å². The van der Waals surface area contributed by atoms with Crippen molar-refractivity contribution < 1.29 is 14.3 Å². The number of carbonyl (C=O) groups excluding carboxylic acids is 1. The highest BCUT2D eigenvalue weighted by molar-refractivity contribution is 6.30. The van der Waals surface area contributed by atoms with Crippen LogP contribution in [0.25, 0.3) is 10.9 Å². The predicted octanol–water partition coefficient (Wildman–Crippen LogP) is 3.42. The lowest BCUT2D eigenvalue weighted by atomic mass is 10.1. The number of hydrogen-bond donors (Lipinski definition) is 3. The molecule has 0 aliphatic carbocycles. The summed E-state index contributed by atoms with van der Waals surface area (Å²) in [6.07, 6.45) is -0.835. The van der Waals surface area contributed by atoms with Gasteiger partial charge in [0.15, 0.2) is 0 Å². The minimum atomic E-state index is -0.835. The summed E-state index contributed by atoms with van der Waals surface area (Å²) in [7, 11) is 0. The lowest BCUT2D eigenvalue weighted by Gasteiger charge is -2.11. The van der Waals surface area contributed by atoms with Crippen molar-refractivity contribution >= 4 is 28.4 Å². The molecule has 4 nitrogen and oxygen atoms in total. The molecule has 0 bridgehead atoms. The van der Waals surface area contributed by atoms with Crippen LogP contribution >= 0.6 is 11.6 Å². The van der Waals surface area contributed by atoms with Gasteiger partial charge in [0.2, 0.25) is 0 Å². The van der Waals surface area contributed by atoms with E-state index in [9.17, 15) is 14.3 Å². The highest BCUT2D eigenvalue weighted by Gasteiger charge is 2.13. The van der Waals surface area contributed by atoms with E-state index in [4.69, 9.17) is 11.6 Å². The molecule has 1 amide bonds. The van der Waals surface area contributed by atoms with Crippen LogP contribution in [0.2, 0.25) is 5.02 Å². The summed E-state index contributed by atoms with van der Waals surface area (Å²) in [6.45, 7) is 0.0597. The summed E-state index contributed by atoms with van der Waals surface area (Å²) < 4.78 is 13.2. The molecule has 0 fully saturated rings. The van der Waals surface area contributed by atoms with Crippen LogP contribution in [0, 0.1) is 5.82 Å². The largest absolute Gasteiger partial charge is 0.387 e. The molecular formula is C17H14ClFN2O2. The van der Waals surface area contributed by atoms with E-state index in [-0.39, 0.29) is 18.3 Å². The number of aliphatic hydroxyl groups excluding tert-OH is 1. The quantitative estimate of drug-likeness (QED) is 0.685. The fraction of sp³-hybridized carbons (Fsp3) is 0.118. The Kier molecular flexibility index (Phi) is 4.32. The number of rotatable bonds is 4. The van der Waals surface area contributed by atoms with Crippen molar-refractivity contribution in [2.75, 3.05) is 6.54 Å². The normalized spacial score (nSPS) is 12.3. The first-order chi connectivity index (χ1) is 11.0. The molecule has 6 heteroatoms. The number of fused-ring (bicyclic) bond motifs is 1. The molecule has 2 aromatic carbocycles. The summed E-state index contributed by atoms with van der Waals surface area (Å²) >= 11 is 5.79. The van der Waals surface area contributed by atoms with Gasteiger partial charge < -0.3 is 15.4 Å². The van der Waals surface area contributed by atoms with Crippen LogP contribution < -0.4 is 5.32 Å². The van der Waals surface area contributed by atoms with Crippen molar-refractivity contribution in [3.05, 3.63) is 70.6 Å². The number of benzene rings is 2. The van der Waals surface area contributed by atoms with Gasteiger partial charge in [-0.15, -0.1) is 0 Å². The van der Waals surface area contributed by atoms with E-state index in [1.165, 1.54) is 12.1 Å². The first-order valence-corrected chi connectivity index (χ1v) is 7.41. The maximum atomic E-state index is 13.2. The number of aliphatic hydroxyl groups is 1. The summed E-state index contributed by atoms with van der Waals surface area (Å²) in [5.41, 5.74) is 1.65. The summed E-state index contributed by atoms with van der Waals surface area (Å²) in [4.78, 5) is 15.0. The molecular weight excluding hydrogens is 319 g/mol. The van der Waals surface area contributed by atoms with Gasteiger partial charge in [0, 0.05) is 22.5 Å². The first-order valence-electron chi connectivity index (χ1n) is 7.03. The lowest BCUT2D eigenvalue weighted by Crippen LogP contribution is -2.28. The Balaban J connectivity index is 1.67. The molecule has 0 unspecified atom stereocenters. The monoisotopic (exact) mass is 332 g/mol. The molecule has 0 saturated heterocycles. The highest BCUT2D eigenvalue weighted by Crippen LogP contribution is 2.18. The van der Waals surface area contributed by atoms with Gasteiger partial charge in [-0.25, -0.2) is 4.39 Å². The second-order valence-electron chi connectivity index (χ2n) is 5.19. The van der Waals surface area contributed by atoms with Crippen molar-refractivity contribution in [3.63, 3.8) is 0 Å². The fourth-order valence-corrected chi connectivity index (χ4v) is 2.44. The minimum Gasteiger partial charge on any atom is -0.387 e. The number of amides is 1. The fourth-order valence-electron chi connectivity index (χ4n) is 2.31. The maximum absolute atomic E-state index is 13.2. The van der Waals surface area contributed by atoms with Crippen molar-refractivity contribution in [1.82, 2.24) is 10.3 Å². The highest BCUT2D eigenvalue weighted by atomic mass is 35.5. The Morgan fingerprint density at radius 1 is 1.22 bits per heavy atom. The second-order valence-corrected chi connectivity index (χ2v) is 5.63. The molecule has 0 saturated carbocycles. The molecule has 0 aliphatic heterocycles. The number of hydrogen-bond acceptors (Lipinski definition) is 2. The molecule has 1 heterocycles. The Hall–Kier alpha value is -2.37. The third-order valence-electron chi connectivity index (χ3n) is 3.54. The SMILES string of the molecule is O=C(NC[C@@H](O)c1ccc(Cl)cc1)c1cc2cc(F)ccc2[nH]1. The molecule has 3 N–H and O–H groups in total. The Morgan fingerprint density at radius 2 is 1.96 bits per heavy atom. The minimum absolute atomic E-state index is 0.0597. The summed E-state index contributed by atoms with van der Waals surface area (Å²) in [5, 5.41) is 13.9. The van der Waals surface area contributed by atoms with Crippen LogP contribution in [0.15, 0.2) is 48.5 Å². The van der Waals surface area contributed by atoms with E-state index in [1.54, 1.807) is 36.4 Å². The Morgan fingerprint density at radius 3 is 2.70 bits per heavy atom. The average molecular weight is 333 g/mol. The molecule has 1 aromatic heterocycles. The number of nitrogens with one attached hydrogen (secondary N) is 2. The number of aromatic amines is 1. The van der Waals surface area contributed by atoms with E-state index < -0.39 is 6.10 Å². The molecule has 1 atom stereocenters. The van der Waals surface area contributed by atoms with Gasteiger partial charge in [0.25, 0.3) is 5.91 Å². The molecule has 118 valence electrons. The van der Waals surface area contributed by atoms with Crippen LogP contribution in [-0.2, 0) is 0 Å². The Bertz CT molecular complexity index is 845. The zero-order valence-corrected chi connectivity index (χ0v) is 12.8. The molecule has 3 rings (SSSR count). The van der Waals surface area contributed by atoms with E-state index >= 15 is 0 Å². The van der Waals surface area contributed by atoms with E-state index in [1.807, 2.05) is 0 Å². The molecule has 23 heavy (non-hydrogen) atoms. The standard InChI is InChI=1S/C17H14ClFN2O2/c18-12-3-1-10(2-4-12)16(22)9-20-17(23)15-8-11-7-13(19)5-6-14(11)21-15/h1-8,16,21-22H,9H2,(H,20,23)/t16-/m1/s1. The maximum Gasteiger partial charge on any atom is 0.267 e.